The number of aromatic nitrogens is 2. The van der Waals surface area contributed by atoms with Gasteiger partial charge in [-0.25, -0.2) is 14.2 Å². The average molecular weight is 264 g/mol. The summed E-state index contributed by atoms with van der Waals surface area (Å²) >= 11 is 0. The molecule has 2 aromatic rings. The van der Waals surface area contributed by atoms with Gasteiger partial charge in [0, 0.05) is 6.04 Å². The second kappa shape index (κ2) is 4.62. The van der Waals surface area contributed by atoms with Crippen LogP contribution in [0.4, 0.5) is 4.39 Å². The second-order valence-electron chi connectivity index (χ2n) is 4.65. The number of carboxylic acid groups (broad SMARTS) is 1. The summed E-state index contributed by atoms with van der Waals surface area (Å²) in [5.41, 5.74) is 1.46. The van der Waals surface area contributed by atoms with Crippen LogP contribution in [0.25, 0.3) is 11.0 Å². The van der Waals surface area contributed by atoms with E-state index >= 15 is 0 Å². The quantitative estimate of drug-likeness (QED) is 0.898. The minimum atomic E-state index is -1.01. The van der Waals surface area contributed by atoms with Crippen LogP contribution in [0.2, 0.25) is 0 Å². The van der Waals surface area contributed by atoms with E-state index < -0.39 is 5.97 Å². The summed E-state index contributed by atoms with van der Waals surface area (Å²) < 4.78 is 20.4. The van der Waals surface area contributed by atoms with Crippen molar-refractivity contribution in [1.82, 2.24) is 9.55 Å². The summed E-state index contributed by atoms with van der Waals surface area (Å²) in [6.07, 6.45) is 2.07. The number of rotatable bonds is 5. The van der Waals surface area contributed by atoms with Crippen LogP contribution < -0.4 is 0 Å². The van der Waals surface area contributed by atoms with Gasteiger partial charge in [0.05, 0.1) is 11.0 Å². The predicted molar refractivity (Wildman–Crippen MR) is 65.3 cm³/mol. The van der Waals surface area contributed by atoms with Gasteiger partial charge >= 0.3 is 5.97 Å². The Morgan fingerprint density at radius 1 is 1.53 bits per heavy atom. The van der Waals surface area contributed by atoms with Gasteiger partial charge in [-0.2, -0.15) is 0 Å². The number of ether oxygens (including phenoxy) is 1. The molecule has 6 heteroatoms. The lowest BCUT2D eigenvalue weighted by atomic mass is 10.3. The van der Waals surface area contributed by atoms with Crippen molar-refractivity contribution in [3.8, 4) is 0 Å². The number of aliphatic carboxylic acids is 1. The first-order chi connectivity index (χ1) is 9.15. The van der Waals surface area contributed by atoms with E-state index in [0.717, 1.165) is 18.4 Å². The lowest BCUT2D eigenvalue weighted by Crippen LogP contribution is -2.10. The van der Waals surface area contributed by atoms with Crippen molar-refractivity contribution in [3.05, 3.63) is 29.8 Å². The first-order valence-corrected chi connectivity index (χ1v) is 6.11. The molecule has 0 spiro atoms. The van der Waals surface area contributed by atoms with Gasteiger partial charge in [0.15, 0.2) is 0 Å². The molecule has 1 N–H and O–H groups in total. The molecule has 0 atom stereocenters. The first-order valence-electron chi connectivity index (χ1n) is 6.11. The Morgan fingerprint density at radius 3 is 3.00 bits per heavy atom. The molecular formula is C13H13FN2O3. The lowest BCUT2D eigenvalue weighted by Gasteiger charge is -2.07. The zero-order chi connectivity index (χ0) is 13.4. The monoisotopic (exact) mass is 264 g/mol. The van der Waals surface area contributed by atoms with Gasteiger partial charge in [-0.15, -0.1) is 0 Å². The molecule has 19 heavy (non-hydrogen) atoms. The summed E-state index contributed by atoms with van der Waals surface area (Å²) in [5.74, 6) is -0.656. The lowest BCUT2D eigenvalue weighted by molar-refractivity contribution is -0.142. The number of benzene rings is 1. The van der Waals surface area contributed by atoms with Crippen molar-refractivity contribution < 1.29 is 19.0 Å². The molecule has 0 bridgehead atoms. The van der Waals surface area contributed by atoms with Gasteiger partial charge in [0.2, 0.25) is 0 Å². The minimum absolute atomic E-state index is 0.124. The molecule has 0 aliphatic heterocycles. The van der Waals surface area contributed by atoms with Crippen LogP contribution in [-0.4, -0.2) is 27.2 Å². The number of nitrogens with zero attached hydrogens (tertiary/aromatic N) is 2. The topological polar surface area (TPSA) is 64.3 Å². The number of carboxylic acids is 1. The number of fused-ring (bicyclic) bond motifs is 1. The molecule has 0 amide bonds. The SMILES string of the molecule is O=C(O)COCc1nc2ccc(F)cc2n1C1CC1. The van der Waals surface area contributed by atoms with Crippen molar-refractivity contribution in [2.24, 2.45) is 0 Å². The van der Waals surface area contributed by atoms with E-state index in [2.05, 4.69) is 4.98 Å². The van der Waals surface area contributed by atoms with Gasteiger partial charge in [-0.3, -0.25) is 0 Å². The fraction of sp³-hybridized carbons (Fsp3) is 0.385. The molecule has 3 rings (SSSR count). The van der Waals surface area contributed by atoms with Crippen molar-refractivity contribution in [1.29, 1.82) is 0 Å². The zero-order valence-electron chi connectivity index (χ0n) is 10.2. The molecule has 1 aliphatic rings. The normalized spacial score (nSPS) is 15.0. The Labute approximate surface area is 108 Å². The van der Waals surface area contributed by atoms with Crippen LogP contribution >= 0.6 is 0 Å². The van der Waals surface area contributed by atoms with Crippen LogP contribution in [0, 0.1) is 5.82 Å². The van der Waals surface area contributed by atoms with Crippen LogP contribution in [0.3, 0.4) is 0 Å². The highest BCUT2D eigenvalue weighted by molar-refractivity contribution is 5.76. The van der Waals surface area contributed by atoms with Gasteiger partial charge in [0.1, 0.15) is 24.9 Å². The fourth-order valence-electron chi connectivity index (χ4n) is 2.19. The maximum atomic E-state index is 13.3. The molecule has 0 unspecified atom stereocenters. The molecule has 1 aromatic heterocycles. The molecule has 0 radical (unpaired) electrons. The van der Waals surface area contributed by atoms with Crippen LogP contribution in [0.5, 0.6) is 0 Å². The number of hydrogen-bond acceptors (Lipinski definition) is 3. The highest BCUT2D eigenvalue weighted by atomic mass is 19.1. The maximum Gasteiger partial charge on any atom is 0.329 e. The largest absolute Gasteiger partial charge is 0.480 e. The summed E-state index contributed by atoms with van der Waals surface area (Å²) in [5, 5.41) is 8.56. The molecule has 100 valence electrons. The van der Waals surface area contributed by atoms with E-state index in [-0.39, 0.29) is 19.0 Å². The van der Waals surface area contributed by atoms with Gasteiger partial charge < -0.3 is 14.4 Å². The molecule has 0 saturated heterocycles. The number of hydrogen-bond donors (Lipinski definition) is 1. The Kier molecular flexibility index (Phi) is 2.94. The summed E-state index contributed by atoms with van der Waals surface area (Å²) in [6, 6.07) is 4.79. The minimum Gasteiger partial charge on any atom is -0.480 e. The molecule has 1 fully saturated rings. The van der Waals surface area contributed by atoms with Crippen molar-refractivity contribution in [2.45, 2.75) is 25.5 Å². The second-order valence-corrected chi connectivity index (χ2v) is 4.65. The predicted octanol–water partition coefficient (Wildman–Crippen LogP) is 2.11. The highest BCUT2D eigenvalue weighted by Gasteiger charge is 2.28. The number of imidazole rings is 1. The van der Waals surface area contributed by atoms with Gasteiger partial charge in [-0.05, 0) is 31.0 Å². The Hall–Kier alpha value is -1.95. The van der Waals surface area contributed by atoms with Crippen LogP contribution in [0.1, 0.15) is 24.7 Å². The average Bonchev–Trinajstić information content (AvgIpc) is 3.11. The van der Waals surface area contributed by atoms with E-state index in [9.17, 15) is 9.18 Å². The Bertz CT molecular complexity index is 634. The first kappa shape index (κ1) is 12.1. The maximum absolute atomic E-state index is 13.3. The van der Waals surface area contributed by atoms with E-state index in [1.807, 2.05) is 4.57 Å². The molecule has 5 nitrogen and oxygen atoms in total. The van der Waals surface area contributed by atoms with Crippen LogP contribution in [-0.2, 0) is 16.1 Å². The summed E-state index contributed by atoms with van der Waals surface area (Å²) in [7, 11) is 0. The zero-order valence-corrected chi connectivity index (χ0v) is 10.2. The van der Waals surface area contributed by atoms with Gasteiger partial charge in [-0.1, -0.05) is 0 Å². The van der Waals surface area contributed by atoms with E-state index in [0.29, 0.717) is 17.4 Å². The van der Waals surface area contributed by atoms with E-state index in [1.165, 1.54) is 12.1 Å². The van der Waals surface area contributed by atoms with Gasteiger partial charge in [0.25, 0.3) is 0 Å². The van der Waals surface area contributed by atoms with Crippen LogP contribution in [0.15, 0.2) is 18.2 Å². The van der Waals surface area contributed by atoms with E-state index in [4.69, 9.17) is 9.84 Å². The third-order valence-corrected chi connectivity index (χ3v) is 3.09. The smallest absolute Gasteiger partial charge is 0.329 e. The van der Waals surface area contributed by atoms with Crippen molar-refractivity contribution in [2.75, 3.05) is 6.61 Å². The molecule has 1 aliphatic carbocycles. The number of halogens is 1. The molecule has 1 saturated carbocycles. The third kappa shape index (κ3) is 2.44. The summed E-state index contributed by atoms with van der Waals surface area (Å²) in [4.78, 5) is 14.8. The molecule has 1 aromatic carbocycles. The highest BCUT2D eigenvalue weighted by Crippen LogP contribution is 2.38. The van der Waals surface area contributed by atoms with Crippen molar-refractivity contribution >= 4 is 17.0 Å². The molecule has 1 heterocycles. The van der Waals surface area contributed by atoms with E-state index in [1.54, 1.807) is 6.07 Å². The molecular weight excluding hydrogens is 251 g/mol. The third-order valence-electron chi connectivity index (χ3n) is 3.09. The Morgan fingerprint density at radius 2 is 2.32 bits per heavy atom. The standard InChI is InChI=1S/C13H13FN2O3/c14-8-1-4-10-11(5-8)16(9-2-3-9)12(15-10)6-19-7-13(17)18/h1,4-5,9H,2-3,6-7H2,(H,17,18). The fourth-order valence-corrected chi connectivity index (χ4v) is 2.19. The summed E-state index contributed by atoms with van der Waals surface area (Å²) in [6.45, 7) is -0.235. The van der Waals surface area contributed by atoms with Crippen molar-refractivity contribution in [3.63, 3.8) is 0 Å². The Balaban J connectivity index is 1.93. The number of carbonyl (C=O) groups is 1.